The van der Waals surface area contributed by atoms with Crippen molar-refractivity contribution in [3.05, 3.63) is 12.7 Å². The summed E-state index contributed by atoms with van der Waals surface area (Å²) >= 11 is 0. The van der Waals surface area contributed by atoms with E-state index in [0.717, 1.165) is 26.4 Å². The van der Waals surface area contributed by atoms with Crippen LogP contribution >= 0.6 is 0 Å². The molecule has 6 heteroatoms. The number of carbonyl (C=O) groups is 2. The molecule has 0 atom stereocenters. The Morgan fingerprint density at radius 1 is 1.12 bits per heavy atom. The van der Waals surface area contributed by atoms with Crippen LogP contribution in [0.5, 0.6) is 0 Å². The first-order chi connectivity index (χ1) is 8.09. The van der Waals surface area contributed by atoms with Crippen LogP contribution in [0, 0.1) is 5.92 Å². The minimum atomic E-state index is -1.30. The van der Waals surface area contributed by atoms with Crippen LogP contribution in [0.15, 0.2) is 12.7 Å². The molecule has 1 aliphatic rings. The van der Waals surface area contributed by atoms with Crippen LogP contribution in [0.4, 0.5) is 0 Å². The molecule has 0 spiro atoms. The lowest BCUT2D eigenvalue weighted by molar-refractivity contribution is -0.154. The quantitative estimate of drug-likeness (QED) is 0.550. The minimum Gasteiger partial charge on any atom is -0.481 e. The predicted molar refractivity (Wildman–Crippen MR) is 59.8 cm³/mol. The van der Waals surface area contributed by atoms with Gasteiger partial charge in [-0.1, -0.05) is 6.08 Å². The van der Waals surface area contributed by atoms with Crippen LogP contribution in [0.2, 0.25) is 0 Å². The van der Waals surface area contributed by atoms with Crippen molar-refractivity contribution in [1.29, 1.82) is 0 Å². The van der Waals surface area contributed by atoms with Crippen LogP contribution in [0.25, 0.3) is 0 Å². The summed E-state index contributed by atoms with van der Waals surface area (Å²) < 4.78 is 9.89. The Morgan fingerprint density at radius 2 is 1.53 bits per heavy atom. The first kappa shape index (κ1) is 15.6. The van der Waals surface area contributed by atoms with Gasteiger partial charge in [0.1, 0.15) is 0 Å². The van der Waals surface area contributed by atoms with E-state index >= 15 is 0 Å². The number of ether oxygens (including phenoxy) is 2. The van der Waals surface area contributed by atoms with Crippen LogP contribution in [0.1, 0.15) is 12.8 Å². The van der Waals surface area contributed by atoms with Gasteiger partial charge in [0.2, 0.25) is 0 Å². The molecule has 98 valence electrons. The second kappa shape index (κ2) is 9.80. The summed E-state index contributed by atoms with van der Waals surface area (Å²) in [6.07, 6.45) is 2.01. The van der Waals surface area contributed by atoms with E-state index in [-0.39, 0.29) is 6.42 Å². The first-order valence-electron chi connectivity index (χ1n) is 5.31. The Morgan fingerprint density at radius 3 is 1.76 bits per heavy atom. The third-order valence-corrected chi connectivity index (χ3v) is 2.00. The normalized spacial score (nSPS) is 14.6. The Hall–Kier alpha value is -1.40. The molecule has 1 saturated heterocycles. The van der Waals surface area contributed by atoms with E-state index in [4.69, 9.17) is 19.7 Å². The highest BCUT2D eigenvalue weighted by Crippen LogP contribution is 2.06. The fourth-order valence-corrected chi connectivity index (χ4v) is 1.08. The Balaban J connectivity index is 0.000000354. The second-order valence-electron chi connectivity index (χ2n) is 3.32. The summed E-state index contributed by atoms with van der Waals surface area (Å²) in [5, 5.41) is 16.7. The van der Waals surface area contributed by atoms with Gasteiger partial charge in [-0.15, -0.1) is 6.58 Å². The number of carboxylic acid groups (broad SMARTS) is 2. The summed E-state index contributed by atoms with van der Waals surface area (Å²) in [6, 6.07) is 0. The van der Waals surface area contributed by atoms with Crippen molar-refractivity contribution < 1.29 is 29.3 Å². The molecular formula is C11H18O6. The number of allylic oxidation sites excluding steroid dienone is 1. The van der Waals surface area contributed by atoms with Gasteiger partial charge >= 0.3 is 11.9 Å². The van der Waals surface area contributed by atoms with Crippen LogP contribution in [-0.4, -0.2) is 48.6 Å². The highest BCUT2D eigenvalue weighted by Gasteiger charge is 2.24. The summed E-state index contributed by atoms with van der Waals surface area (Å²) in [5.74, 6) is -3.88. The van der Waals surface area contributed by atoms with E-state index in [1.165, 1.54) is 6.08 Å². The molecule has 0 saturated carbocycles. The zero-order valence-corrected chi connectivity index (χ0v) is 9.63. The number of rotatable bonds is 5. The molecule has 1 fully saturated rings. The van der Waals surface area contributed by atoms with Gasteiger partial charge in [-0.2, -0.15) is 0 Å². The van der Waals surface area contributed by atoms with Crippen molar-refractivity contribution in [1.82, 2.24) is 0 Å². The molecule has 0 aromatic carbocycles. The van der Waals surface area contributed by atoms with Crippen molar-refractivity contribution in [3.8, 4) is 0 Å². The summed E-state index contributed by atoms with van der Waals surface area (Å²) in [4.78, 5) is 20.5. The molecular weight excluding hydrogens is 228 g/mol. The zero-order chi connectivity index (χ0) is 13.1. The topological polar surface area (TPSA) is 93.1 Å². The highest BCUT2D eigenvalue weighted by molar-refractivity contribution is 5.92. The number of hydrogen-bond acceptors (Lipinski definition) is 4. The second-order valence-corrected chi connectivity index (χ2v) is 3.32. The van der Waals surface area contributed by atoms with Gasteiger partial charge in [-0.25, -0.2) is 0 Å². The van der Waals surface area contributed by atoms with E-state index in [1.807, 2.05) is 0 Å². The van der Waals surface area contributed by atoms with Crippen LogP contribution < -0.4 is 0 Å². The van der Waals surface area contributed by atoms with Crippen LogP contribution in [0.3, 0.4) is 0 Å². The van der Waals surface area contributed by atoms with Gasteiger partial charge in [-0.3, -0.25) is 9.59 Å². The molecule has 0 radical (unpaired) electrons. The fourth-order valence-electron chi connectivity index (χ4n) is 1.08. The van der Waals surface area contributed by atoms with Crippen LogP contribution in [-0.2, 0) is 19.1 Å². The van der Waals surface area contributed by atoms with Gasteiger partial charge in [0.25, 0.3) is 0 Å². The van der Waals surface area contributed by atoms with E-state index in [0.29, 0.717) is 6.42 Å². The maximum absolute atomic E-state index is 10.2. The van der Waals surface area contributed by atoms with E-state index < -0.39 is 17.9 Å². The molecule has 1 heterocycles. The lowest BCUT2D eigenvalue weighted by Crippen LogP contribution is -2.22. The van der Waals surface area contributed by atoms with E-state index in [2.05, 4.69) is 6.58 Å². The van der Waals surface area contributed by atoms with E-state index in [9.17, 15) is 9.59 Å². The monoisotopic (exact) mass is 246 g/mol. The molecule has 0 aromatic rings. The van der Waals surface area contributed by atoms with Crippen molar-refractivity contribution >= 4 is 11.9 Å². The predicted octanol–water partition coefficient (Wildman–Crippen LogP) is 0.771. The Labute approximate surface area is 99.8 Å². The van der Waals surface area contributed by atoms with Crippen molar-refractivity contribution in [3.63, 3.8) is 0 Å². The van der Waals surface area contributed by atoms with Gasteiger partial charge in [0.05, 0.1) is 26.4 Å². The molecule has 0 aromatic heterocycles. The summed E-state index contributed by atoms with van der Waals surface area (Å²) in [7, 11) is 0. The molecule has 0 unspecified atom stereocenters. The lowest BCUT2D eigenvalue weighted by Gasteiger charge is -2.09. The molecule has 0 bridgehead atoms. The van der Waals surface area contributed by atoms with E-state index in [1.54, 1.807) is 0 Å². The highest BCUT2D eigenvalue weighted by atomic mass is 16.6. The molecule has 2 N–H and O–H groups in total. The number of carboxylic acids is 2. The van der Waals surface area contributed by atoms with Gasteiger partial charge < -0.3 is 19.7 Å². The zero-order valence-electron chi connectivity index (χ0n) is 9.63. The molecule has 1 aliphatic heterocycles. The van der Waals surface area contributed by atoms with Gasteiger partial charge in [-0.05, 0) is 12.8 Å². The number of aliphatic carboxylic acids is 2. The molecule has 17 heavy (non-hydrogen) atoms. The Bertz CT molecular complexity index is 221. The third-order valence-electron chi connectivity index (χ3n) is 2.00. The average molecular weight is 246 g/mol. The smallest absolute Gasteiger partial charge is 0.317 e. The third kappa shape index (κ3) is 8.41. The SMILES string of the molecule is C1COCCO1.C=CCCC(C(=O)O)C(=O)O. The largest absolute Gasteiger partial charge is 0.481 e. The lowest BCUT2D eigenvalue weighted by atomic mass is 10.0. The molecule has 6 nitrogen and oxygen atoms in total. The van der Waals surface area contributed by atoms with Crippen molar-refractivity contribution in [2.45, 2.75) is 12.8 Å². The summed E-state index contributed by atoms with van der Waals surface area (Å²) in [6.45, 7) is 6.48. The number of hydrogen-bond donors (Lipinski definition) is 2. The van der Waals surface area contributed by atoms with Crippen molar-refractivity contribution in [2.24, 2.45) is 5.92 Å². The summed E-state index contributed by atoms with van der Waals surface area (Å²) in [5.41, 5.74) is 0. The Kier molecular flexibility index (Phi) is 8.99. The van der Waals surface area contributed by atoms with Crippen molar-refractivity contribution in [2.75, 3.05) is 26.4 Å². The minimum absolute atomic E-state index is 0.105. The maximum Gasteiger partial charge on any atom is 0.317 e. The molecule has 0 aliphatic carbocycles. The molecule has 0 amide bonds. The molecule has 1 rings (SSSR count). The van der Waals surface area contributed by atoms with Gasteiger partial charge in [0, 0.05) is 0 Å². The maximum atomic E-state index is 10.2. The standard InChI is InChI=1S/C7H10O4.C4H8O2/c1-2-3-4-5(6(8)9)7(10)11;1-2-6-4-3-5-1/h2,5H,1,3-4H2,(H,8,9)(H,10,11);1-4H2. The first-order valence-corrected chi connectivity index (χ1v) is 5.31. The average Bonchev–Trinajstić information content (AvgIpc) is 2.32. The fraction of sp³-hybridized carbons (Fsp3) is 0.636. The van der Waals surface area contributed by atoms with Gasteiger partial charge in [0.15, 0.2) is 5.92 Å².